The summed E-state index contributed by atoms with van der Waals surface area (Å²) in [5.74, 6) is -3.11. The molecule has 1 aliphatic heterocycles. The molecule has 1 saturated heterocycles. The number of likely N-dealkylation sites (tertiary alicyclic amines) is 1. The number of rotatable bonds is 16. The second-order valence-corrected chi connectivity index (χ2v) is 10.0. The summed E-state index contributed by atoms with van der Waals surface area (Å²) in [4.78, 5) is 60.7. The second-order valence-electron chi connectivity index (χ2n) is 10.0. The van der Waals surface area contributed by atoms with Crippen LogP contribution in [0.2, 0.25) is 0 Å². The SMILES string of the molecule is NC(N)=NCCC[C@H](NC(=O)[C@@H]1CCCN1C(=O)[C@@H](N)CCCN=C(N)N)C(=O)N[C@@H](Cc1ccc(O)cc1)C(=O)O. The van der Waals surface area contributed by atoms with E-state index in [1.54, 1.807) is 12.1 Å². The molecule has 1 heterocycles. The van der Waals surface area contributed by atoms with Crippen molar-refractivity contribution in [1.29, 1.82) is 0 Å². The van der Waals surface area contributed by atoms with Crippen LogP contribution < -0.4 is 39.3 Å². The summed E-state index contributed by atoms with van der Waals surface area (Å²) in [6.07, 6.45) is 2.09. The van der Waals surface area contributed by atoms with Gasteiger partial charge in [-0.15, -0.1) is 0 Å². The Morgan fingerprint density at radius 2 is 1.52 bits per heavy atom. The van der Waals surface area contributed by atoms with Crippen LogP contribution in [0.3, 0.4) is 0 Å². The van der Waals surface area contributed by atoms with Crippen molar-refractivity contribution in [3.63, 3.8) is 0 Å². The van der Waals surface area contributed by atoms with E-state index in [-0.39, 0.29) is 37.1 Å². The van der Waals surface area contributed by atoms with Gasteiger partial charge >= 0.3 is 5.97 Å². The molecule has 1 aromatic carbocycles. The van der Waals surface area contributed by atoms with E-state index in [9.17, 15) is 29.4 Å². The number of aliphatic imine (C=N–C) groups is 2. The number of amides is 3. The molecule has 232 valence electrons. The fraction of sp³-hybridized carbons (Fsp3) is 0.538. The summed E-state index contributed by atoms with van der Waals surface area (Å²) >= 11 is 0. The first-order chi connectivity index (χ1) is 19.9. The predicted octanol–water partition coefficient (Wildman–Crippen LogP) is -2.59. The Balaban J connectivity index is 2.11. The van der Waals surface area contributed by atoms with Gasteiger partial charge in [-0.25, -0.2) is 4.79 Å². The van der Waals surface area contributed by atoms with E-state index >= 15 is 0 Å². The van der Waals surface area contributed by atoms with Crippen LogP contribution in [0.25, 0.3) is 0 Å². The molecule has 0 radical (unpaired) electrons. The van der Waals surface area contributed by atoms with Crippen LogP contribution in [0.15, 0.2) is 34.3 Å². The minimum absolute atomic E-state index is 0.0181. The molecule has 14 N–H and O–H groups in total. The molecule has 1 aliphatic rings. The summed E-state index contributed by atoms with van der Waals surface area (Å²) in [6.45, 7) is 0.822. The lowest BCUT2D eigenvalue weighted by Crippen LogP contribution is -2.56. The molecule has 0 saturated carbocycles. The molecule has 16 nitrogen and oxygen atoms in total. The highest BCUT2D eigenvalue weighted by Crippen LogP contribution is 2.20. The maximum Gasteiger partial charge on any atom is 0.326 e. The monoisotopic (exact) mass is 590 g/mol. The summed E-state index contributed by atoms with van der Waals surface area (Å²) in [7, 11) is 0. The Morgan fingerprint density at radius 3 is 2.10 bits per heavy atom. The van der Waals surface area contributed by atoms with Crippen LogP contribution in [-0.4, -0.2) is 94.5 Å². The van der Waals surface area contributed by atoms with Crippen molar-refractivity contribution >= 4 is 35.6 Å². The van der Waals surface area contributed by atoms with E-state index in [0.29, 0.717) is 50.8 Å². The summed E-state index contributed by atoms with van der Waals surface area (Å²) < 4.78 is 0. The molecule has 0 aromatic heterocycles. The number of aromatic hydroxyl groups is 1. The molecule has 3 amide bonds. The molecule has 1 fully saturated rings. The first kappa shape index (κ1) is 33.6. The van der Waals surface area contributed by atoms with Crippen LogP contribution in [0, 0.1) is 0 Å². The molecular formula is C26H42N10O6. The molecule has 2 rings (SSSR count). The number of benzene rings is 1. The van der Waals surface area contributed by atoms with Crippen molar-refractivity contribution in [2.75, 3.05) is 19.6 Å². The number of carbonyl (C=O) groups excluding carboxylic acids is 3. The molecule has 0 aliphatic carbocycles. The van der Waals surface area contributed by atoms with Crippen molar-refractivity contribution in [2.24, 2.45) is 38.7 Å². The highest BCUT2D eigenvalue weighted by Gasteiger charge is 2.37. The van der Waals surface area contributed by atoms with Crippen molar-refractivity contribution < 1.29 is 29.4 Å². The van der Waals surface area contributed by atoms with Crippen LogP contribution in [0.5, 0.6) is 5.75 Å². The van der Waals surface area contributed by atoms with Gasteiger partial charge in [0, 0.05) is 26.1 Å². The predicted molar refractivity (Wildman–Crippen MR) is 156 cm³/mol. The fourth-order valence-electron chi connectivity index (χ4n) is 4.54. The Labute approximate surface area is 243 Å². The van der Waals surface area contributed by atoms with E-state index in [1.807, 2.05) is 0 Å². The van der Waals surface area contributed by atoms with Crippen LogP contribution in [0.4, 0.5) is 0 Å². The summed E-state index contributed by atoms with van der Waals surface area (Å²) in [6, 6.07) is 1.77. The standard InChI is InChI=1S/C26H42N10O6/c27-17(4-1-11-32-25(28)29)23(40)36-13-3-6-20(36)22(39)34-18(5-2-12-33-26(30)31)21(38)35-19(24(41)42)14-15-7-9-16(37)10-8-15/h7-10,17-20,37H,1-6,11-14,27H2,(H,34,39)(H,35,38)(H,41,42)(H4,28,29,32)(H4,30,31,33)/t17-,18-,19-,20-/m0/s1. The number of nitrogens with zero attached hydrogens (tertiary/aromatic N) is 3. The van der Waals surface area contributed by atoms with Gasteiger partial charge in [0.25, 0.3) is 0 Å². The topological polar surface area (TPSA) is 291 Å². The minimum atomic E-state index is -1.30. The number of nitrogens with one attached hydrogen (secondary N) is 2. The third-order valence-corrected chi connectivity index (χ3v) is 6.69. The third-order valence-electron chi connectivity index (χ3n) is 6.69. The van der Waals surface area contributed by atoms with E-state index in [4.69, 9.17) is 28.7 Å². The molecule has 4 atom stereocenters. The van der Waals surface area contributed by atoms with Gasteiger partial charge in [-0.3, -0.25) is 24.4 Å². The number of phenols is 1. The number of carboxylic acids is 1. The van der Waals surface area contributed by atoms with E-state index in [0.717, 1.165) is 0 Å². The molecule has 42 heavy (non-hydrogen) atoms. The molecule has 1 aromatic rings. The lowest BCUT2D eigenvalue weighted by molar-refractivity contribution is -0.143. The fourth-order valence-corrected chi connectivity index (χ4v) is 4.54. The summed E-state index contributed by atoms with van der Waals surface area (Å²) in [5.41, 5.74) is 28.0. The zero-order chi connectivity index (χ0) is 31.2. The van der Waals surface area contributed by atoms with Crippen LogP contribution in [-0.2, 0) is 25.6 Å². The number of aliphatic carboxylic acids is 1. The Kier molecular flexibility index (Phi) is 13.3. The van der Waals surface area contributed by atoms with Gasteiger partial charge in [0.1, 0.15) is 23.9 Å². The van der Waals surface area contributed by atoms with Crippen molar-refractivity contribution in [1.82, 2.24) is 15.5 Å². The quantitative estimate of drug-likeness (QED) is 0.0547. The van der Waals surface area contributed by atoms with Crippen molar-refractivity contribution in [3.05, 3.63) is 29.8 Å². The van der Waals surface area contributed by atoms with Gasteiger partial charge in [0.2, 0.25) is 17.7 Å². The second kappa shape index (κ2) is 16.6. The highest BCUT2D eigenvalue weighted by molar-refractivity contribution is 5.94. The normalized spacial score (nSPS) is 16.5. The number of nitrogens with two attached hydrogens (primary N) is 5. The zero-order valence-corrected chi connectivity index (χ0v) is 23.4. The largest absolute Gasteiger partial charge is 0.508 e. The van der Waals surface area contributed by atoms with E-state index in [1.165, 1.54) is 17.0 Å². The van der Waals surface area contributed by atoms with Gasteiger partial charge in [0.05, 0.1) is 6.04 Å². The molecule has 0 bridgehead atoms. The number of carboxylic acid groups (broad SMARTS) is 1. The maximum atomic E-state index is 13.3. The van der Waals surface area contributed by atoms with Gasteiger partial charge < -0.3 is 54.4 Å². The molecular weight excluding hydrogens is 548 g/mol. The smallest absolute Gasteiger partial charge is 0.326 e. The van der Waals surface area contributed by atoms with Gasteiger partial charge in [-0.2, -0.15) is 0 Å². The third kappa shape index (κ3) is 11.1. The van der Waals surface area contributed by atoms with Crippen LogP contribution in [0.1, 0.15) is 44.1 Å². The average molecular weight is 591 g/mol. The molecule has 16 heteroatoms. The zero-order valence-electron chi connectivity index (χ0n) is 23.4. The van der Waals surface area contributed by atoms with Gasteiger partial charge in [0.15, 0.2) is 11.9 Å². The maximum absolute atomic E-state index is 13.3. The van der Waals surface area contributed by atoms with Crippen molar-refractivity contribution in [3.8, 4) is 5.75 Å². The van der Waals surface area contributed by atoms with Crippen molar-refractivity contribution in [2.45, 2.75) is 69.1 Å². The molecule has 0 unspecified atom stereocenters. The minimum Gasteiger partial charge on any atom is -0.508 e. The van der Waals surface area contributed by atoms with Crippen LogP contribution >= 0.6 is 0 Å². The number of hydrogen-bond donors (Lipinski definition) is 9. The Morgan fingerprint density at radius 1 is 0.929 bits per heavy atom. The molecule has 0 spiro atoms. The number of guanidine groups is 2. The Hall–Kier alpha value is -4.60. The lowest BCUT2D eigenvalue weighted by atomic mass is 10.0. The van der Waals surface area contributed by atoms with E-state index in [2.05, 4.69) is 20.6 Å². The number of phenolic OH excluding ortho intramolecular Hbond substituents is 1. The number of hydrogen-bond acceptors (Lipinski definition) is 8. The highest BCUT2D eigenvalue weighted by atomic mass is 16.4. The lowest BCUT2D eigenvalue weighted by Gasteiger charge is -2.28. The summed E-state index contributed by atoms with van der Waals surface area (Å²) in [5, 5.41) is 24.4. The Bertz CT molecular complexity index is 1130. The van der Waals surface area contributed by atoms with Gasteiger partial charge in [-0.05, 0) is 56.2 Å². The first-order valence-corrected chi connectivity index (χ1v) is 13.7. The average Bonchev–Trinajstić information content (AvgIpc) is 3.42. The number of carbonyl (C=O) groups is 4. The van der Waals surface area contributed by atoms with Gasteiger partial charge in [-0.1, -0.05) is 12.1 Å². The van der Waals surface area contributed by atoms with E-state index < -0.39 is 47.9 Å². The first-order valence-electron chi connectivity index (χ1n) is 13.7.